The first-order chi connectivity index (χ1) is 11.4. The van der Waals surface area contributed by atoms with Gasteiger partial charge in [-0.25, -0.2) is 8.42 Å². The van der Waals surface area contributed by atoms with Gasteiger partial charge < -0.3 is 5.32 Å². The van der Waals surface area contributed by atoms with Gasteiger partial charge in [-0.3, -0.25) is 4.79 Å². The lowest BCUT2D eigenvalue weighted by Crippen LogP contribution is -2.30. The van der Waals surface area contributed by atoms with Crippen LogP contribution in [0.5, 0.6) is 0 Å². The molecule has 24 heavy (non-hydrogen) atoms. The Labute approximate surface area is 147 Å². The van der Waals surface area contributed by atoms with E-state index in [1.165, 1.54) is 16.4 Å². The fourth-order valence-electron chi connectivity index (χ4n) is 2.38. The predicted octanol–water partition coefficient (Wildman–Crippen LogP) is 3.27. The Hall–Kier alpha value is -1.70. The Morgan fingerprint density at radius 2 is 1.79 bits per heavy atom. The van der Waals surface area contributed by atoms with Crippen LogP contribution >= 0.6 is 11.3 Å². The van der Waals surface area contributed by atoms with Crippen molar-refractivity contribution in [1.82, 2.24) is 9.62 Å². The summed E-state index contributed by atoms with van der Waals surface area (Å²) < 4.78 is 26.3. The highest BCUT2D eigenvalue weighted by Gasteiger charge is 2.22. The van der Waals surface area contributed by atoms with Gasteiger partial charge in [0.2, 0.25) is 10.0 Å². The van der Waals surface area contributed by atoms with Crippen molar-refractivity contribution in [3.63, 3.8) is 0 Å². The summed E-state index contributed by atoms with van der Waals surface area (Å²) >= 11 is 1.58. The molecular weight excluding hydrogens is 344 g/mol. The summed E-state index contributed by atoms with van der Waals surface area (Å²) in [5, 5.41) is 4.88. The Morgan fingerprint density at radius 1 is 1.17 bits per heavy atom. The van der Waals surface area contributed by atoms with Crippen molar-refractivity contribution in [1.29, 1.82) is 0 Å². The first kappa shape index (κ1) is 18.6. The number of sulfonamides is 1. The van der Waals surface area contributed by atoms with Gasteiger partial charge in [0.1, 0.15) is 0 Å². The van der Waals surface area contributed by atoms with Crippen LogP contribution in [0, 0.1) is 0 Å². The molecule has 7 heteroatoms. The normalized spacial score (nSPS) is 13.0. The fourth-order valence-corrected chi connectivity index (χ4v) is 4.57. The third kappa shape index (κ3) is 4.03. The van der Waals surface area contributed by atoms with Gasteiger partial charge in [0.15, 0.2) is 0 Å². The summed E-state index contributed by atoms with van der Waals surface area (Å²) in [5.41, 5.74) is 0.442. The highest BCUT2D eigenvalue weighted by molar-refractivity contribution is 7.89. The SMILES string of the molecule is CCN(CC)S(=O)(=O)c1ccc(C(=O)NC(C)c2cccs2)cc1. The Morgan fingerprint density at radius 3 is 2.29 bits per heavy atom. The molecule has 0 saturated heterocycles. The molecule has 1 amide bonds. The third-order valence-corrected chi connectivity index (χ3v) is 6.90. The highest BCUT2D eigenvalue weighted by Crippen LogP contribution is 2.20. The van der Waals surface area contributed by atoms with Crippen molar-refractivity contribution in [2.24, 2.45) is 0 Å². The van der Waals surface area contributed by atoms with Crippen molar-refractivity contribution in [3.8, 4) is 0 Å². The molecule has 1 atom stereocenters. The molecule has 1 aromatic carbocycles. The molecule has 1 aromatic heterocycles. The number of benzene rings is 1. The average molecular weight is 367 g/mol. The molecule has 0 aliphatic carbocycles. The van der Waals surface area contributed by atoms with Crippen molar-refractivity contribution in [2.75, 3.05) is 13.1 Å². The predicted molar refractivity (Wildman–Crippen MR) is 96.7 cm³/mol. The van der Waals surface area contributed by atoms with E-state index in [1.807, 2.05) is 24.4 Å². The van der Waals surface area contributed by atoms with E-state index < -0.39 is 10.0 Å². The van der Waals surface area contributed by atoms with E-state index in [2.05, 4.69) is 5.32 Å². The van der Waals surface area contributed by atoms with Gasteiger partial charge in [-0.1, -0.05) is 19.9 Å². The van der Waals surface area contributed by atoms with Crippen molar-refractivity contribution >= 4 is 27.3 Å². The summed E-state index contributed by atoms with van der Waals surface area (Å²) in [4.78, 5) is 13.6. The zero-order valence-corrected chi connectivity index (χ0v) is 15.7. The van der Waals surface area contributed by atoms with Crippen molar-refractivity contribution in [2.45, 2.75) is 31.7 Å². The number of carbonyl (C=O) groups is 1. The molecule has 2 rings (SSSR count). The van der Waals surface area contributed by atoms with Crippen LogP contribution in [-0.2, 0) is 10.0 Å². The summed E-state index contributed by atoms with van der Waals surface area (Å²) in [5.74, 6) is -0.220. The maximum atomic E-state index is 12.4. The molecule has 0 aliphatic rings. The summed E-state index contributed by atoms with van der Waals surface area (Å²) in [7, 11) is -3.50. The lowest BCUT2D eigenvalue weighted by atomic mass is 10.2. The second-order valence-electron chi connectivity index (χ2n) is 5.32. The van der Waals surface area contributed by atoms with Gasteiger partial charge in [0.25, 0.3) is 5.91 Å². The molecule has 1 N–H and O–H groups in total. The lowest BCUT2D eigenvalue weighted by Gasteiger charge is -2.18. The molecule has 0 fully saturated rings. The van der Waals surface area contributed by atoms with E-state index >= 15 is 0 Å². The Kier molecular flexibility index (Phi) is 6.15. The molecule has 130 valence electrons. The zero-order chi connectivity index (χ0) is 17.7. The standard InChI is InChI=1S/C17H22N2O3S2/c1-4-19(5-2)24(21,22)15-10-8-14(9-11-15)17(20)18-13(3)16-7-6-12-23-16/h6-13H,4-5H2,1-3H3,(H,18,20). The monoisotopic (exact) mass is 366 g/mol. The van der Waals surface area contributed by atoms with Crippen LogP contribution in [0.15, 0.2) is 46.7 Å². The Bertz CT molecular complexity index is 765. The van der Waals surface area contributed by atoms with Crippen LogP contribution in [0.1, 0.15) is 42.0 Å². The minimum atomic E-state index is -3.50. The molecule has 0 aliphatic heterocycles. The second kappa shape index (κ2) is 7.92. The smallest absolute Gasteiger partial charge is 0.251 e. The van der Waals surface area contributed by atoms with Gasteiger partial charge in [0, 0.05) is 23.5 Å². The van der Waals surface area contributed by atoms with E-state index in [0.717, 1.165) is 4.88 Å². The minimum Gasteiger partial charge on any atom is -0.345 e. The highest BCUT2D eigenvalue weighted by atomic mass is 32.2. The number of rotatable bonds is 7. The molecule has 0 saturated carbocycles. The number of nitrogens with zero attached hydrogens (tertiary/aromatic N) is 1. The average Bonchev–Trinajstić information content (AvgIpc) is 3.10. The number of nitrogens with one attached hydrogen (secondary N) is 1. The zero-order valence-electron chi connectivity index (χ0n) is 14.0. The maximum Gasteiger partial charge on any atom is 0.251 e. The van der Waals surface area contributed by atoms with Crippen LogP contribution in [0.2, 0.25) is 0 Å². The molecule has 1 heterocycles. The number of carbonyl (C=O) groups excluding carboxylic acids is 1. The number of thiophene rings is 1. The number of amides is 1. The van der Waals surface area contributed by atoms with Gasteiger partial charge >= 0.3 is 0 Å². The largest absolute Gasteiger partial charge is 0.345 e. The third-order valence-electron chi connectivity index (χ3n) is 3.78. The van der Waals surface area contributed by atoms with Crippen molar-refractivity contribution < 1.29 is 13.2 Å². The van der Waals surface area contributed by atoms with E-state index in [-0.39, 0.29) is 16.8 Å². The topological polar surface area (TPSA) is 66.5 Å². The molecule has 0 radical (unpaired) electrons. The molecule has 2 aromatic rings. The summed E-state index contributed by atoms with van der Waals surface area (Å²) in [6.07, 6.45) is 0. The van der Waals surface area contributed by atoms with Crippen LogP contribution < -0.4 is 5.32 Å². The van der Waals surface area contributed by atoms with Crippen LogP contribution in [-0.4, -0.2) is 31.7 Å². The maximum absolute atomic E-state index is 12.4. The number of hydrogen-bond donors (Lipinski definition) is 1. The molecular formula is C17H22N2O3S2. The van der Waals surface area contributed by atoms with Gasteiger partial charge in [0.05, 0.1) is 10.9 Å². The minimum absolute atomic E-state index is 0.0865. The summed E-state index contributed by atoms with van der Waals surface area (Å²) in [6, 6.07) is 9.89. The molecule has 1 unspecified atom stereocenters. The van der Waals surface area contributed by atoms with E-state index in [1.54, 1.807) is 37.3 Å². The molecule has 0 bridgehead atoms. The van der Waals surface area contributed by atoms with Gasteiger partial charge in [-0.05, 0) is 42.6 Å². The first-order valence-electron chi connectivity index (χ1n) is 7.84. The fraction of sp³-hybridized carbons (Fsp3) is 0.353. The van der Waals surface area contributed by atoms with Crippen LogP contribution in [0.3, 0.4) is 0 Å². The van der Waals surface area contributed by atoms with Crippen LogP contribution in [0.4, 0.5) is 0 Å². The first-order valence-corrected chi connectivity index (χ1v) is 10.2. The van der Waals surface area contributed by atoms with Gasteiger partial charge in [-0.15, -0.1) is 11.3 Å². The van der Waals surface area contributed by atoms with E-state index in [0.29, 0.717) is 18.7 Å². The lowest BCUT2D eigenvalue weighted by molar-refractivity contribution is 0.0940. The second-order valence-corrected chi connectivity index (χ2v) is 8.24. The van der Waals surface area contributed by atoms with E-state index in [9.17, 15) is 13.2 Å². The van der Waals surface area contributed by atoms with Gasteiger partial charge in [-0.2, -0.15) is 4.31 Å². The summed E-state index contributed by atoms with van der Waals surface area (Å²) in [6.45, 7) is 6.35. The molecule has 0 spiro atoms. The van der Waals surface area contributed by atoms with Crippen molar-refractivity contribution in [3.05, 3.63) is 52.2 Å². The Balaban J connectivity index is 2.13. The molecule has 5 nitrogen and oxygen atoms in total. The number of hydrogen-bond acceptors (Lipinski definition) is 4. The van der Waals surface area contributed by atoms with Crippen LogP contribution in [0.25, 0.3) is 0 Å². The quantitative estimate of drug-likeness (QED) is 0.818. The van der Waals surface area contributed by atoms with E-state index in [4.69, 9.17) is 0 Å².